The molecule has 4 aromatic rings. The van der Waals surface area contributed by atoms with Gasteiger partial charge in [0.05, 0.1) is 23.1 Å². The lowest BCUT2D eigenvalue weighted by Crippen LogP contribution is -2.14. The van der Waals surface area contributed by atoms with E-state index >= 15 is 0 Å². The van der Waals surface area contributed by atoms with E-state index in [2.05, 4.69) is 16.5 Å². The highest BCUT2D eigenvalue weighted by Crippen LogP contribution is 2.37. The van der Waals surface area contributed by atoms with Crippen molar-refractivity contribution < 1.29 is 9.66 Å². The Morgan fingerprint density at radius 1 is 1.07 bits per heavy atom. The first-order valence-corrected chi connectivity index (χ1v) is 9.05. The Bertz CT molecular complexity index is 1260. The maximum Gasteiger partial charge on any atom is 0.270 e. The molecule has 0 atom stereocenters. The molecule has 2 aromatic heterocycles. The molecule has 2 heterocycles. The summed E-state index contributed by atoms with van der Waals surface area (Å²) in [5.41, 5.74) is 5.83. The van der Waals surface area contributed by atoms with Crippen molar-refractivity contribution in [1.29, 1.82) is 0 Å². The lowest BCUT2D eigenvalue weighted by molar-refractivity contribution is -0.384. The largest absolute Gasteiger partial charge is 0.496 e. The number of rotatable bonds is 2. The van der Waals surface area contributed by atoms with Gasteiger partial charge in [-0.05, 0) is 54.7 Å². The number of ether oxygens (including phenoxy) is 1. The zero-order chi connectivity index (χ0) is 18.5. The first-order valence-electron chi connectivity index (χ1n) is 9.05. The van der Waals surface area contributed by atoms with Gasteiger partial charge in [0.15, 0.2) is 0 Å². The normalized spacial score (nSPS) is 15.9. The van der Waals surface area contributed by atoms with Crippen molar-refractivity contribution in [3.8, 4) is 5.75 Å². The number of fused-ring (bicyclic) bond motifs is 4. The molecule has 0 saturated carbocycles. The van der Waals surface area contributed by atoms with Crippen LogP contribution in [0.2, 0.25) is 0 Å². The Balaban J connectivity index is 2.00. The molecule has 0 fully saturated rings. The zero-order valence-electron chi connectivity index (χ0n) is 14.9. The molecular formula is C22H18N2O3. The summed E-state index contributed by atoms with van der Waals surface area (Å²) >= 11 is 0. The van der Waals surface area contributed by atoms with E-state index in [1.165, 1.54) is 11.1 Å². The predicted molar refractivity (Wildman–Crippen MR) is 105 cm³/mol. The molecule has 0 radical (unpaired) electrons. The average molecular weight is 358 g/mol. The van der Waals surface area contributed by atoms with Crippen LogP contribution in [0.3, 0.4) is 0 Å². The van der Waals surface area contributed by atoms with E-state index in [0.29, 0.717) is 0 Å². The molecule has 0 spiro atoms. The highest BCUT2D eigenvalue weighted by atomic mass is 16.6. The van der Waals surface area contributed by atoms with E-state index in [4.69, 9.17) is 4.74 Å². The van der Waals surface area contributed by atoms with E-state index in [9.17, 15) is 10.1 Å². The fourth-order valence-electron chi connectivity index (χ4n) is 4.43. The van der Waals surface area contributed by atoms with E-state index in [0.717, 1.165) is 52.2 Å². The first kappa shape index (κ1) is 15.9. The molecule has 5 nitrogen and oxygen atoms in total. The molecular weight excluding hydrogens is 340 g/mol. The summed E-state index contributed by atoms with van der Waals surface area (Å²) in [7, 11) is 1.70. The van der Waals surface area contributed by atoms with Gasteiger partial charge in [0, 0.05) is 34.5 Å². The van der Waals surface area contributed by atoms with Crippen molar-refractivity contribution in [2.75, 3.05) is 7.11 Å². The Hall–Kier alpha value is -3.34. The molecule has 5 heteroatoms. The van der Waals surface area contributed by atoms with Crippen LogP contribution in [0.4, 0.5) is 5.69 Å². The maximum absolute atomic E-state index is 11.4. The van der Waals surface area contributed by atoms with Crippen LogP contribution in [-0.4, -0.2) is 16.4 Å². The van der Waals surface area contributed by atoms with Crippen molar-refractivity contribution in [2.45, 2.75) is 19.3 Å². The number of hydrogen-bond donors (Lipinski definition) is 0. The molecule has 0 aliphatic heterocycles. The molecule has 0 saturated heterocycles. The number of benzene rings is 2. The van der Waals surface area contributed by atoms with Gasteiger partial charge in [0.25, 0.3) is 5.69 Å². The van der Waals surface area contributed by atoms with Gasteiger partial charge in [0.1, 0.15) is 5.75 Å². The molecule has 0 bridgehead atoms. The van der Waals surface area contributed by atoms with E-state index in [-0.39, 0.29) is 10.6 Å². The average Bonchev–Trinajstić information content (AvgIpc) is 3.27. The quantitative estimate of drug-likeness (QED) is 0.397. The molecule has 2 aromatic carbocycles. The number of aromatic nitrogens is 1. The summed E-state index contributed by atoms with van der Waals surface area (Å²) in [6, 6.07) is 15.4. The number of aryl methyl sites for hydroxylation is 1. The van der Waals surface area contributed by atoms with E-state index in [1.807, 2.05) is 30.5 Å². The number of hydrogen-bond acceptors (Lipinski definition) is 3. The summed E-state index contributed by atoms with van der Waals surface area (Å²) < 4.78 is 7.79. The van der Waals surface area contributed by atoms with Crippen LogP contribution < -0.4 is 9.96 Å². The fraction of sp³-hybridized carbons (Fsp3) is 0.182. The molecule has 27 heavy (non-hydrogen) atoms. The third-order valence-electron chi connectivity index (χ3n) is 5.53. The Morgan fingerprint density at radius 2 is 1.96 bits per heavy atom. The van der Waals surface area contributed by atoms with Gasteiger partial charge in [0.2, 0.25) is 0 Å². The lowest BCUT2D eigenvalue weighted by atomic mass is 9.85. The minimum Gasteiger partial charge on any atom is -0.496 e. The van der Waals surface area contributed by atoms with Gasteiger partial charge in [-0.15, -0.1) is 0 Å². The molecule has 134 valence electrons. The van der Waals surface area contributed by atoms with Crippen molar-refractivity contribution in [2.24, 2.45) is 0 Å². The second-order valence-electron chi connectivity index (χ2n) is 6.92. The van der Waals surface area contributed by atoms with Crippen molar-refractivity contribution in [3.05, 3.63) is 81.2 Å². The smallest absolute Gasteiger partial charge is 0.270 e. The van der Waals surface area contributed by atoms with Gasteiger partial charge in [-0.2, -0.15) is 0 Å². The predicted octanol–water partition coefficient (Wildman–Crippen LogP) is 4.26. The van der Waals surface area contributed by atoms with Gasteiger partial charge in [-0.1, -0.05) is 12.1 Å². The summed E-state index contributed by atoms with van der Waals surface area (Å²) in [5, 5.41) is 13.4. The Labute approximate surface area is 155 Å². The monoisotopic (exact) mass is 358 g/mol. The second-order valence-corrected chi connectivity index (χ2v) is 6.92. The van der Waals surface area contributed by atoms with Crippen LogP contribution >= 0.6 is 0 Å². The Kier molecular flexibility index (Phi) is 3.44. The summed E-state index contributed by atoms with van der Waals surface area (Å²) in [6.07, 6.45) is 5.02. The number of methoxy groups -OCH3 is 1. The van der Waals surface area contributed by atoms with E-state index < -0.39 is 0 Å². The SMILES string of the molecule is COc1cccc2c1/C(=c1/c3cc([N+](=O)[O-])ccc3n3cccc13)CCC2. The van der Waals surface area contributed by atoms with Crippen LogP contribution in [0.15, 0.2) is 54.7 Å². The number of non-ortho nitro benzene ring substituents is 1. The lowest BCUT2D eigenvalue weighted by Gasteiger charge is -2.21. The van der Waals surface area contributed by atoms with Gasteiger partial charge in [-0.3, -0.25) is 10.1 Å². The topological polar surface area (TPSA) is 56.8 Å². The molecule has 1 aliphatic carbocycles. The van der Waals surface area contributed by atoms with Crippen LogP contribution in [0.5, 0.6) is 5.75 Å². The van der Waals surface area contributed by atoms with Crippen molar-refractivity contribution >= 4 is 27.7 Å². The first-order chi connectivity index (χ1) is 13.2. The van der Waals surface area contributed by atoms with E-state index in [1.54, 1.807) is 19.2 Å². The minimum atomic E-state index is -0.328. The summed E-state index contributed by atoms with van der Waals surface area (Å²) in [5.74, 6) is 0.867. The molecule has 0 unspecified atom stereocenters. The summed E-state index contributed by atoms with van der Waals surface area (Å²) in [4.78, 5) is 11.0. The van der Waals surface area contributed by atoms with Gasteiger partial charge < -0.3 is 9.14 Å². The maximum atomic E-state index is 11.4. The van der Waals surface area contributed by atoms with Crippen LogP contribution in [0, 0.1) is 10.1 Å². The standard InChI is InChI=1S/C22H18N2O3/c1-27-20-9-3-6-14-5-2-7-16(21(14)20)22-17-13-15(24(25)26)10-11-18(17)23-12-4-8-19(22)23/h3-4,6,8-13H,2,5,7H2,1H3/b22-16-. The third kappa shape index (κ3) is 2.24. The van der Waals surface area contributed by atoms with Crippen LogP contribution in [0.1, 0.15) is 24.0 Å². The van der Waals surface area contributed by atoms with Gasteiger partial charge in [-0.25, -0.2) is 0 Å². The molecule has 0 amide bonds. The third-order valence-corrected chi connectivity index (χ3v) is 5.53. The Morgan fingerprint density at radius 3 is 2.78 bits per heavy atom. The zero-order valence-corrected chi connectivity index (χ0v) is 14.9. The number of nitrogens with zero attached hydrogens (tertiary/aromatic N) is 2. The van der Waals surface area contributed by atoms with Crippen molar-refractivity contribution in [1.82, 2.24) is 4.40 Å². The number of nitro groups is 1. The molecule has 1 aliphatic rings. The number of nitro benzene ring substituents is 1. The van der Waals surface area contributed by atoms with Crippen LogP contribution in [0.25, 0.3) is 22.0 Å². The highest BCUT2D eigenvalue weighted by molar-refractivity contribution is 5.95. The minimum absolute atomic E-state index is 0.119. The van der Waals surface area contributed by atoms with Crippen LogP contribution in [-0.2, 0) is 6.42 Å². The molecule has 0 N–H and O–H groups in total. The molecule has 5 rings (SSSR count). The van der Waals surface area contributed by atoms with Crippen molar-refractivity contribution in [3.63, 3.8) is 0 Å². The second kappa shape index (κ2) is 5.84. The summed E-state index contributed by atoms with van der Waals surface area (Å²) in [6.45, 7) is 0. The van der Waals surface area contributed by atoms with Gasteiger partial charge >= 0.3 is 0 Å². The fourth-order valence-corrected chi connectivity index (χ4v) is 4.43. The highest BCUT2D eigenvalue weighted by Gasteiger charge is 2.22.